The number of halogens is 4. The maximum atomic E-state index is 6.25. The van der Waals surface area contributed by atoms with Crippen LogP contribution in [0.2, 0.25) is 10.0 Å². The van der Waals surface area contributed by atoms with E-state index in [0.29, 0.717) is 34.8 Å². The number of benzene rings is 2. The summed E-state index contributed by atoms with van der Waals surface area (Å²) in [5.41, 5.74) is 0.941. The third-order valence-electron chi connectivity index (χ3n) is 4.41. The van der Waals surface area contributed by atoms with E-state index in [-0.39, 0.29) is 6.10 Å². The molecule has 0 spiro atoms. The molecule has 5 nitrogen and oxygen atoms in total. The minimum Gasteiger partial charge on any atom is -0.494 e. The van der Waals surface area contributed by atoms with Crippen LogP contribution in [0.25, 0.3) is 0 Å². The first kappa shape index (κ1) is 27.5. The minimum absolute atomic E-state index is 0.104. The Morgan fingerprint density at radius 2 is 1.61 bits per heavy atom. The molecule has 2 rings (SSSR count). The fourth-order valence-corrected chi connectivity index (χ4v) is 3.17. The maximum Gasteiger partial charge on any atom is 0.277 e. The Morgan fingerprint density at radius 1 is 1.00 bits per heavy atom. The highest BCUT2D eigenvalue weighted by atomic mass is 35.5. The highest BCUT2D eigenvalue weighted by Crippen LogP contribution is 2.39. The zero-order valence-corrected chi connectivity index (χ0v) is 21.6. The fourth-order valence-electron chi connectivity index (χ4n) is 2.42. The van der Waals surface area contributed by atoms with Gasteiger partial charge in [-0.3, -0.25) is 0 Å². The van der Waals surface area contributed by atoms with Crippen LogP contribution in [0.5, 0.6) is 17.2 Å². The molecule has 0 saturated carbocycles. The molecule has 0 aliphatic rings. The van der Waals surface area contributed by atoms with Crippen molar-refractivity contribution in [1.82, 2.24) is 0 Å². The molecule has 9 heteroatoms. The Balaban J connectivity index is 1.72. The van der Waals surface area contributed by atoms with E-state index >= 15 is 0 Å². The summed E-state index contributed by atoms with van der Waals surface area (Å²) in [6.45, 7) is 8.50. The molecular formula is C24H27Cl4NO4. The van der Waals surface area contributed by atoms with Crippen LogP contribution in [-0.2, 0) is 4.84 Å². The van der Waals surface area contributed by atoms with Gasteiger partial charge in [-0.05, 0) is 62.1 Å². The molecule has 0 aromatic heterocycles. The third-order valence-corrected chi connectivity index (χ3v) is 5.44. The second-order valence-electron chi connectivity index (χ2n) is 7.12. The number of ether oxygens (including phenoxy) is 3. The van der Waals surface area contributed by atoms with Crippen molar-refractivity contribution >= 4 is 52.6 Å². The van der Waals surface area contributed by atoms with Crippen LogP contribution in [-0.4, -0.2) is 30.1 Å². The van der Waals surface area contributed by atoms with Gasteiger partial charge < -0.3 is 19.0 Å². The largest absolute Gasteiger partial charge is 0.494 e. The number of hydrogen-bond donors (Lipinski definition) is 0. The van der Waals surface area contributed by atoms with Gasteiger partial charge in [-0.15, -0.1) is 0 Å². The van der Waals surface area contributed by atoms with Crippen LogP contribution in [0.15, 0.2) is 54.2 Å². The van der Waals surface area contributed by atoms with Gasteiger partial charge in [0.25, 0.3) is 4.52 Å². The van der Waals surface area contributed by atoms with Gasteiger partial charge in [0.2, 0.25) is 0 Å². The molecule has 0 bridgehead atoms. The molecule has 0 N–H and O–H groups in total. The minimum atomic E-state index is -1.58. The van der Waals surface area contributed by atoms with Gasteiger partial charge in [-0.2, -0.15) is 0 Å². The first-order valence-corrected chi connectivity index (χ1v) is 12.0. The van der Waals surface area contributed by atoms with Gasteiger partial charge in [-0.1, -0.05) is 65.1 Å². The molecule has 0 radical (unpaired) electrons. The molecule has 0 amide bonds. The fraction of sp³-hybridized carbons (Fsp3) is 0.375. The summed E-state index contributed by atoms with van der Waals surface area (Å²) >= 11 is 24.3. The number of alkyl halides is 2. The van der Waals surface area contributed by atoms with E-state index in [9.17, 15) is 0 Å². The van der Waals surface area contributed by atoms with Gasteiger partial charge in [0.05, 0.1) is 29.5 Å². The van der Waals surface area contributed by atoms with Crippen molar-refractivity contribution in [3.63, 3.8) is 0 Å². The van der Waals surface area contributed by atoms with Gasteiger partial charge in [0.1, 0.15) is 17.6 Å². The van der Waals surface area contributed by atoms with Crippen molar-refractivity contribution in [3.8, 4) is 17.2 Å². The smallest absolute Gasteiger partial charge is 0.277 e. The van der Waals surface area contributed by atoms with Crippen LogP contribution in [0.4, 0.5) is 0 Å². The predicted octanol–water partition coefficient (Wildman–Crippen LogP) is 8.08. The van der Waals surface area contributed by atoms with Crippen molar-refractivity contribution in [2.24, 2.45) is 5.16 Å². The second-order valence-corrected chi connectivity index (χ2v) is 9.25. The Bertz CT molecular complexity index is 896. The molecule has 0 fully saturated rings. The molecule has 0 aliphatic heterocycles. The zero-order valence-electron chi connectivity index (χ0n) is 18.5. The van der Waals surface area contributed by atoms with Crippen molar-refractivity contribution in [2.75, 3.05) is 13.2 Å². The van der Waals surface area contributed by atoms with Crippen molar-refractivity contribution in [2.45, 2.75) is 43.7 Å². The Hall–Kier alpha value is -1.79. The number of hydrogen-bond acceptors (Lipinski definition) is 5. The topological polar surface area (TPSA) is 49.3 Å². The molecule has 1 unspecified atom stereocenters. The molecule has 2 aromatic rings. The first-order valence-electron chi connectivity index (χ1n) is 10.5. The van der Waals surface area contributed by atoms with E-state index in [0.717, 1.165) is 30.6 Å². The lowest BCUT2D eigenvalue weighted by Gasteiger charge is -2.18. The van der Waals surface area contributed by atoms with Crippen LogP contribution in [0.1, 0.15) is 38.7 Å². The van der Waals surface area contributed by atoms with Crippen LogP contribution in [0.3, 0.4) is 0 Å². The van der Waals surface area contributed by atoms with Crippen LogP contribution >= 0.6 is 46.4 Å². The summed E-state index contributed by atoms with van der Waals surface area (Å²) in [6, 6.07) is 10.7. The van der Waals surface area contributed by atoms with E-state index in [1.54, 1.807) is 6.21 Å². The maximum absolute atomic E-state index is 6.25. The third kappa shape index (κ3) is 9.93. The molecular weight excluding hydrogens is 508 g/mol. The Kier molecular flexibility index (Phi) is 11.5. The lowest BCUT2D eigenvalue weighted by molar-refractivity contribution is 0.0712. The standard InChI is InChI=1S/C24H27Cl4NO4/c1-4-17(3)33-29-16-18-8-10-19(11-9-18)30-12-6-7-13-31-23-21(25)14-20(15-22(23)26)32-24(27,28)5-2/h5,8-11,14-17H,2,4,6-7,12-13H2,1,3H3. The van der Waals surface area contributed by atoms with Gasteiger partial charge in [0.15, 0.2) is 5.75 Å². The number of rotatable bonds is 14. The van der Waals surface area contributed by atoms with E-state index in [1.807, 2.05) is 38.1 Å². The summed E-state index contributed by atoms with van der Waals surface area (Å²) in [5.74, 6) is 1.46. The summed E-state index contributed by atoms with van der Waals surface area (Å²) in [7, 11) is 0. The quantitative estimate of drug-likeness (QED) is 0.0807. The lowest BCUT2D eigenvalue weighted by Crippen LogP contribution is -2.17. The molecule has 33 heavy (non-hydrogen) atoms. The molecule has 180 valence electrons. The normalized spacial score (nSPS) is 12.4. The summed E-state index contributed by atoms with van der Waals surface area (Å²) < 4.78 is 15.3. The van der Waals surface area contributed by atoms with Crippen LogP contribution < -0.4 is 14.2 Å². The van der Waals surface area contributed by atoms with E-state index in [2.05, 4.69) is 11.7 Å². The molecule has 1 atom stereocenters. The van der Waals surface area contributed by atoms with Gasteiger partial charge in [-0.25, -0.2) is 0 Å². The number of oxime groups is 1. The molecule has 0 aliphatic carbocycles. The molecule has 0 saturated heterocycles. The zero-order chi connectivity index (χ0) is 24.3. The Morgan fingerprint density at radius 3 is 2.18 bits per heavy atom. The van der Waals surface area contributed by atoms with Gasteiger partial charge in [0, 0.05) is 12.1 Å². The SMILES string of the molecule is C=CC(Cl)(Cl)Oc1cc(Cl)c(OCCCCOc2ccc(C=NOC(C)CC)cc2)c(Cl)c1. The summed E-state index contributed by atoms with van der Waals surface area (Å²) in [5, 5.41) is 4.56. The van der Waals surface area contributed by atoms with Crippen LogP contribution in [0, 0.1) is 0 Å². The lowest BCUT2D eigenvalue weighted by atomic mass is 10.2. The average Bonchev–Trinajstić information content (AvgIpc) is 2.78. The molecule has 2 aromatic carbocycles. The number of nitrogens with zero attached hydrogens (tertiary/aromatic N) is 1. The highest BCUT2D eigenvalue weighted by Gasteiger charge is 2.22. The van der Waals surface area contributed by atoms with Gasteiger partial charge >= 0.3 is 0 Å². The number of unbranched alkanes of at least 4 members (excludes halogenated alkanes) is 1. The first-order chi connectivity index (χ1) is 15.7. The van der Waals surface area contributed by atoms with E-state index in [4.69, 9.17) is 65.5 Å². The van der Waals surface area contributed by atoms with E-state index in [1.165, 1.54) is 18.2 Å². The van der Waals surface area contributed by atoms with Crippen molar-refractivity contribution < 1.29 is 19.0 Å². The second kappa shape index (κ2) is 13.8. The summed E-state index contributed by atoms with van der Waals surface area (Å²) in [6.07, 6.45) is 5.50. The molecule has 0 heterocycles. The summed E-state index contributed by atoms with van der Waals surface area (Å²) in [4.78, 5) is 5.29. The average molecular weight is 535 g/mol. The Labute approximate surface area is 215 Å². The van der Waals surface area contributed by atoms with Crippen molar-refractivity contribution in [3.05, 3.63) is 64.7 Å². The van der Waals surface area contributed by atoms with Crippen molar-refractivity contribution in [1.29, 1.82) is 0 Å². The highest BCUT2D eigenvalue weighted by molar-refractivity contribution is 6.48. The predicted molar refractivity (Wildman–Crippen MR) is 137 cm³/mol. The van der Waals surface area contributed by atoms with E-state index < -0.39 is 4.52 Å². The monoisotopic (exact) mass is 533 g/mol.